The van der Waals surface area contributed by atoms with Crippen LogP contribution in [0.25, 0.3) is 0 Å². The van der Waals surface area contributed by atoms with Crippen LogP contribution in [0.15, 0.2) is 18.2 Å². The van der Waals surface area contributed by atoms with Gasteiger partial charge in [0, 0.05) is 24.7 Å². The fraction of sp³-hybridized carbons (Fsp3) is 0.688. The maximum Gasteiger partial charge on any atom is 0.407 e. The van der Waals surface area contributed by atoms with Crippen LogP contribution in [0.2, 0.25) is 0 Å². The molecule has 2 atom stereocenters. The Bertz CT molecular complexity index is 1110. The maximum atomic E-state index is 14.1. The summed E-state index contributed by atoms with van der Waals surface area (Å²) in [6, 6.07) is 0.477. The second kappa shape index (κ2) is 17.2. The highest BCUT2D eigenvalue weighted by Crippen LogP contribution is 2.27. The van der Waals surface area contributed by atoms with Gasteiger partial charge in [-0.3, -0.25) is 4.79 Å². The average molecular weight is 625 g/mol. The molecule has 1 aromatic rings. The first-order valence-electron chi connectivity index (χ1n) is 15.5. The number of urea groups is 1. The quantitative estimate of drug-likeness (QED) is 0.166. The van der Waals surface area contributed by atoms with Gasteiger partial charge >= 0.3 is 18.1 Å². The second-order valence-electron chi connectivity index (χ2n) is 13.4. The molecule has 10 nitrogen and oxygen atoms in total. The molecule has 1 saturated carbocycles. The summed E-state index contributed by atoms with van der Waals surface area (Å²) in [4.78, 5) is 51.2. The molecule has 0 radical (unpaired) electrons. The van der Waals surface area contributed by atoms with E-state index in [-0.39, 0.29) is 24.4 Å². The zero-order valence-electron chi connectivity index (χ0n) is 26.9. The molecule has 0 spiro atoms. The lowest BCUT2D eigenvalue weighted by Crippen LogP contribution is -2.54. The second-order valence-corrected chi connectivity index (χ2v) is 13.4. The molecule has 4 N–H and O–H groups in total. The van der Waals surface area contributed by atoms with Crippen LogP contribution in [0.1, 0.15) is 105 Å². The third-order valence-corrected chi connectivity index (χ3v) is 6.97. The van der Waals surface area contributed by atoms with Gasteiger partial charge in [-0.1, -0.05) is 38.2 Å². The Labute approximate surface area is 259 Å². The summed E-state index contributed by atoms with van der Waals surface area (Å²) >= 11 is 0. The normalized spacial score (nSPS) is 15.5. The van der Waals surface area contributed by atoms with Gasteiger partial charge in [0.15, 0.2) is 0 Å². The van der Waals surface area contributed by atoms with E-state index >= 15 is 0 Å². The molecule has 1 aliphatic rings. The van der Waals surface area contributed by atoms with E-state index in [9.17, 15) is 28.0 Å². The van der Waals surface area contributed by atoms with Crippen molar-refractivity contribution in [3.05, 3.63) is 35.4 Å². The highest BCUT2D eigenvalue weighted by Gasteiger charge is 2.30. The first kappa shape index (κ1) is 36.8. The van der Waals surface area contributed by atoms with Gasteiger partial charge in [-0.2, -0.15) is 0 Å². The van der Waals surface area contributed by atoms with Crippen molar-refractivity contribution in [2.45, 2.75) is 129 Å². The largest absolute Gasteiger partial charge is 0.458 e. The highest BCUT2D eigenvalue weighted by atomic mass is 19.1. The van der Waals surface area contributed by atoms with Gasteiger partial charge in [0.2, 0.25) is 5.91 Å². The number of alkyl carbamates (subject to hydrolysis) is 1. The van der Waals surface area contributed by atoms with Gasteiger partial charge in [-0.15, -0.1) is 0 Å². The molecule has 0 unspecified atom stereocenters. The summed E-state index contributed by atoms with van der Waals surface area (Å²) < 4.78 is 38.2. The molecule has 0 heterocycles. The van der Waals surface area contributed by atoms with Crippen molar-refractivity contribution in [3.8, 4) is 0 Å². The summed E-state index contributed by atoms with van der Waals surface area (Å²) in [7, 11) is 0. The zero-order chi connectivity index (χ0) is 32.9. The van der Waals surface area contributed by atoms with Gasteiger partial charge in [-0.05, 0) is 79.2 Å². The Balaban J connectivity index is 2.03. The first-order chi connectivity index (χ1) is 20.5. The molecule has 1 aliphatic carbocycles. The summed E-state index contributed by atoms with van der Waals surface area (Å²) in [5, 5.41) is 10.7. The van der Waals surface area contributed by atoms with Crippen LogP contribution in [0.4, 0.5) is 18.4 Å². The van der Waals surface area contributed by atoms with E-state index in [1.54, 1.807) is 41.5 Å². The molecule has 4 amide bonds. The SMILES string of the molecule is CC(C)(C)OC(=O)NCCCC[C@H](NC(=O)N[C@H](CC1CCCCC1)C(=O)NCc1ccc(F)cc1F)C(=O)OC(C)(C)C. The molecule has 0 aliphatic heterocycles. The van der Waals surface area contributed by atoms with Gasteiger partial charge in [-0.25, -0.2) is 23.2 Å². The van der Waals surface area contributed by atoms with Crippen molar-refractivity contribution in [2.24, 2.45) is 5.92 Å². The minimum atomic E-state index is -0.998. The lowest BCUT2D eigenvalue weighted by Gasteiger charge is -2.28. The molecule has 0 bridgehead atoms. The van der Waals surface area contributed by atoms with Crippen LogP contribution in [0.3, 0.4) is 0 Å². The highest BCUT2D eigenvalue weighted by molar-refractivity contribution is 5.89. The van der Waals surface area contributed by atoms with Crippen molar-refractivity contribution >= 4 is 24.0 Å². The molecule has 2 rings (SSSR count). The standard InChI is InChI=1S/C32H50F2N4O6/c1-31(2,3)43-28(40)25(14-10-11-17-35-30(42)44-32(4,5)6)37-29(41)38-26(18-21-12-8-7-9-13-21)27(39)36-20-22-15-16-23(33)19-24(22)34/h15-16,19,21,25-26H,7-14,17-18,20H2,1-6H3,(H,35,42)(H,36,39)(H2,37,38,41)/t25-,26+/m0/s1. The van der Waals surface area contributed by atoms with Gasteiger partial charge < -0.3 is 30.7 Å². The van der Waals surface area contributed by atoms with E-state index < -0.39 is 58.9 Å². The zero-order valence-corrected chi connectivity index (χ0v) is 26.9. The lowest BCUT2D eigenvalue weighted by atomic mass is 9.84. The summed E-state index contributed by atoms with van der Waals surface area (Å²) in [6.07, 6.45) is 6.14. The van der Waals surface area contributed by atoms with Crippen molar-refractivity contribution in [1.82, 2.24) is 21.3 Å². The molecule has 0 aromatic heterocycles. The number of carbonyl (C=O) groups excluding carboxylic acids is 4. The molecular weight excluding hydrogens is 574 g/mol. The minimum Gasteiger partial charge on any atom is -0.458 e. The summed E-state index contributed by atoms with van der Waals surface area (Å²) in [6.45, 7) is 10.6. The monoisotopic (exact) mass is 624 g/mol. The van der Waals surface area contributed by atoms with Crippen molar-refractivity contribution in [1.29, 1.82) is 0 Å². The third kappa shape index (κ3) is 14.8. The number of nitrogens with one attached hydrogen (secondary N) is 4. The molecule has 248 valence electrons. The average Bonchev–Trinajstić information content (AvgIpc) is 2.89. The van der Waals surface area contributed by atoms with Crippen molar-refractivity contribution in [3.63, 3.8) is 0 Å². The van der Waals surface area contributed by atoms with E-state index in [4.69, 9.17) is 9.47 Å². The summed E-state index contributed by atoms with van der Waals surface area (Å²) in [5.74, 6) is -2.39. The van der Waals surface area contributed by atoms with Gasteiger partial charge in [0.1, 0.15) is 34.9 Å². The Kier molecular flexibility index (Phi) is 14.3. The van der Waals surface area contributed by atoms with Crippen LogP contribution in [0, 0.1) is 17.6 Å². The minimum absolute atomic E-state index is 0.117. The summed E-state index contributed by atoms with van der Waals surface area (Å²) in [5.41, 5.74) is -1.29. The van der Waals surface area contributed by atoms with Crippen molar-refractivity contribution < 1.29 is 37.4 Å². The van der Waals surface area contributed by atoms with E-state index in [0.29, 0.717) is 25.8 Å². The molecule has 44 heavy (non-hydrogen) atoms. The predicted octanol–water partition coefficient (Wildman–Crippen LogP) is 5.62. The number of esters is 1. The van der Waals surface area contributed by atoms with Crippen LogP contribution in [-0.2, 0) is 25.6 Å². The molecule has 1 aromatic carbocycles. The van der Waals surface area contributed by atoms with E-state index in [1.807, 2.05) is 0 Å². The maximum absolute atomic E-state index is 14.1. The number of rotatable bonds is 13. The number of carbonyl (C=O) groups is 4. The number of ether oxygens (including phenoxy) is 2. The Morgan fingerprint density at radius 3 is 2.11 bits per heavy atom. The number of hydrogen-bond acceptors (Lipinski definition) is 6. The number of unbranched alkanes of at least 4 members (excludes halogenated alkanes) is 1. The van der Waals surface area contributed by atoms with Gasteiger partial charge in [0.05, 0.1) is 0 Å². The van der Waals surface area contributed by atoms with Crippen LogP contribution < -0.4 is 21.3 Å². The van der Waals surface area contributed by atoms with Crippen LogP contribution in [-0.4, -0.2) is 53.8 Å². The fourth-order valence-electron chi connectivity index (χ4n) is 4.92. The Morgan fingerprint density at radius 2 is 1.50 bits per heavy atom. The molecular formula is C32H50F2N4O6. The number of benzene rings is 1. The third-order valence-electron chi connectivity index (χ3n) is 6.97. The first-order valence-corrected chi connectivity index (χ1v) is 15.5. The fourth-order valence-corrected chi connectivity index (χ4v) is 4.92. The van der Waals surface area contributed by atoms with E-state index in [2.05, 4.69) is 21.3 Å². The Hall–Kier alpha value is -3.44. The number of halogens is 2. The smallest absolute Gasteiger partial charge is 0.407 e. The molecule has 1 fully saturated rings. The van der Waals surface area contributed by atoms with Crippen LogP contribution in [0.5, 0.6) is 0 Å². The van der Waals surface area contributed by atoms with E-state index in [0.717, 1.165) is 44.2 Å². The molecule has 0 saturated heterocycles. The Morgan fingerprint density at radius 1 is 0.864 bits per heavy atom. The number of hydrogen-bond donors (Lipinski definition) is 4. The molecule has 12 heteroatoms. The topological polar surface area (TPSA) is 135 Å². The van der Waals surface area contributed by atoms with Gasteiger partial charge in [0.25, 0.3) is 0 Å². The predicted molar refractivity (Wildman–Crippen MR) is 163 cm³/mol. The number of amides is 4. The van der Waals surface area contributed by atoms with Crippen LogP contribution >= 0.6 is 0 Å². The van der Waals surface area contributed by atoms with E-state index in [1.165, 1.54) is 6.07 Å². The lowest BCUT2D eigenvalue weighted by molar-refractivity contribution is -0.157. The van der Waals surface area contributed by atoms with Crippen molar-refractivity contribution in [2.75, 3.05) is 6.54 Å².